The molecule has 0 fully saturated rings. The Hall–Kier alpha value is -2.89. The van der Waals surface area contributed by atoms with Gasteiger partial charge in [0, 0.05) is 18.8 Å². The first-order valence-corrected chi connectivity index (χ1v) is 9.54. The van der Waals surface area contributed by atoms with Gasteiger partial charge in [-0.3, -0.25) is 4.98 Å². The topological polar surface area (TPSA) is 99.2 Å². The maximum Gasteiger partial charge on any atom is 0.243 e. The van der Waals surface area contributed by atoms with Crippen LogP contribution in [0, 0.1) is 18.3 Å². The van der Waals surface area contributed by atoms with Crippen LogP contribution in [0.5, 0.6) is 5.88 Å². The fourth-order valence-corrected chi connectivity index (χ4v) is 4.74. The van der Waals surface area contributed by atoms with Crippen molar-refractivity contribution in [1.82, 2.24) is 13.9 Å². The van der Waals surface area contributed by atoms with Gasteiger partial charge in [0.2, 0.25) is 15.9 Å². The van der Waals surface area contributed by atoms with E-state index in [-0.39, 0.29) is 23.9 Å². The van der Waals surface area contributed by atoms with Crippen LogP contribution >= 0.6 is 0 Å². The standard InChI is InChI=1S/C18H16N4O3S/c1-12-5-6-15-17(20-12)16-11-21(7-8-22(16)18(15)23)26(24,25)14-4-2-3-13(9-14)10-19/h2-6,9,23H,7-8,11H2,1H3. The van der Waals surface area contributed by atoms with Crippen LogP contribution in [0.3, 0.4) is 0 Å². The highest BCUT2D eigenvalue weighted by Crippen LogP contribution is 2.34. The number of hydrogen-bond acceptors (Lipinski definition) is 5. The molecule has 1 aliphatic heterocycles. The second-order valence-corrected chi connectivity index (χ2v) is 8.19. The number of benzene rings is 1. The molecule has 1 aliphatic rings. The molecule has 8 heteroatoms. The number of nitriles is 1. The zero-order valence-electron chi connectivity index (χ0n) is 14.0. The van der Waals surface area contributed by atoms with Crippen LogP contribution in [0.2, 0.25) is 0 Å². The lowest BCUT2D eigenvalue weighted by Gasteiger charge is -2.28. The van der Waals surface area contributed by atoms with Gasteiger partial charge in [-0.15, -0.1) is 0 Å². The Morgan fingerprint density at radius 2 is 2.04 bits per heavy atom. The number of aromatic hydroxyl groups is 1. The summed E-state index contributed by atoms with van der Waals surface area (Å²) in [5.74, 6) is 0.117. The van der Waals surface area contributed by atoms with Gasteiger partial charge in [-0.25, -0.2) is 8.42 Å². The van der Waals surface area contributed by atoms with E-state index >= 15 is 0 Å². The van der Waals surface area contributed by atoms with Crippen molar-refractivity contribution in [3.8, 4) is 11.9 Å². The predicted octanol–water partition coefficient (Wildman–Crippen LogP) is 2.13. The third-order valence-electron chi connectivity index (χ3n) is 4.63. The molecule has 3 heterocycles. The first kappa shape index (κ1) is 16.6. The first-order chi connectivity index (χ1) is 12.4. The lowest BCUT2D eigenvalue weighted by molar-refractivity contribution is 0.318. The molecule has 3 aromatic rings. The summed E-state index contributed by atoms with van der Waals surface area (Å²) in [4.78, 5) is 4.57. The van der Waals surface area contributed by atoms with Crippen molar-refractivity contribution in [1.29, 1.82) is 5.26 Å². The summed E-state index contributed by atoms with van der Waals surface area (Å²) in [7, 11) is -3.75. The molecule has 0 spiro atoms. The van der Waals surface area contributed by atoms with Crippen LogP contribution in [0.1, 0.15) is 17.0 Å². The highest BCUT2D eigenvalue weighted by atomic mass is 32.2. The van der Waals surface area contributed by atoms with Crippen molar-refractivity contribution >= 4 is 20.9 Å². The maximum absolute atomic E-state index is 13.0. The van der Waals surface area contributed by atoms with Gasteiger partial charge >= 0.3 is 0 Å². The predicted molar refractivity (Wildman–Crippen MR) is 94.9 cm³/mol. The van der Waals surface area contributed by atoms with Gasteiger partial charge in [0.15, 0.2) is 0 Å². The number of sulfonamides is 1. The van der Waals surface area contributed by atoms with Gasteiger partial charge in [0.1, 0.15) is 0 Å². The molecule has 4 rings (SSSR count). The van der Waals surface area contributed by atoms with Crippen LogP contribution in [-0.2, 0) is 23.1 Å². The van der Waals surface area contributed by atoms with Crippen LogP contribution < -0.4 is 0 Å². The Labute approximate surface area is 150 Å². The van der Waals surface area contributed by atoms with Crippen molar-refractivity contribution < 1.29 is 13.5 Å². The minimum absolute atomic E-state index is 0.0919. The highest BCUT2D eigenvalue weighted by molar-refractivity contribution is 7.89. The Kier molecular flexibility index (Phi) is 3.72. The number of nitrogens with zero attached hydrogens (tertiary/aromatic N) is 4. The summed E-state index contributed by atoms with van der Waals surface area (Å²) in [6.07, 6.45) is 0. The van der Waals surface area contributed by atoms with Gasteiger partial charge < -0.3 is 9.67 Å². The van der Waals surface area contributed by atoms with E-state index in [4.69, 9.17) is 5.26 Å². The summed E-state index contributed by atoms with van der Waals surface area (Å²) in [5.41, 5.74) is 2.39. The largest absolute Gasteiger partial charge is 0.494 e. The van der Waals surface area contributed by atoms with E-state index in [2.05, 4.69) is 4.98 Å². The summed E-state index contributed by atoms with van der Waals surface area (Å²) < 4.78 is 29.1. The van der Waals surface area contributed by atoms with E-state index in [0.717, 1.165) is 5.69 Å². The number of rotatable bonds is 2. The van der Waals surface area contributed by atoms with Crippen molar-refractivity contribution in [3.05, 3.63) is 53.3 Å². The molecule has 0 saturated carbocycles. The zero-order valence-corrected chi connectivity index (χ0v) is 14.9. The molecule has 7 nitrogen and oxygen atoms in total. The van der Waals surface area contributed by atoms with E-state index in [1.165, 1.54) is 16.4 Å². The fourth-order valence-electron chi connectivity index (χ4n) is 3.30. The van der Waals surface area contributed by atoms with Gasteiger partial charge in [-0.1, -0.05) is 6.07 Å². The molecule has 0 aliphatic carbocycles. The lowest BCUT2D eigenvalue weighted by atomic mass is 10.2. The second-order valence-electron chi connectivity index (χ2n) is 6.25. The first-order valence-electron chi connectivity index (χ1n) is 8.10. The summed E-state index contributed by atoms with van der Waals surface area (Å²) in [6, 6.07) is 11.6. The van der Waals surface area contributed by atoms with Crippen molar-refractivity contribution in [2.45, 2.75) is 24.9 Å². The SMILES string of the molecule is Cc1ccc2c(O)n3c(c2n1)CN(S(=O)(=O)c1cccc(C#N)c1)CC3. The van der Waals surface area contributed by atoms with Gasteiger partial charge in [0.05, 0.1) is 39.7 Å². The second kappa shape index (κ2) is 5.83. The third-order valence-corrected chi connectivity index (χ3v) is 6.47. The minimum Gasteiger partial charge on any atom is -0.494 e. The van der Waals surface area contributed by atoms with Crippen LogP contribution in [0.25, 0.3) is 10.9 Å². The monoisotopic (exact) mass is 368 g/mol. The Balaban J connectivity index is 1.79. The summed E-state index contributed by atoms with van der Waals surface area (Å²) >= 11 is 0. The van der Waals surface area contributed by atoms with E-state index in [1.807, 2.05) is 19.1 Å². The smallest absolute Gasteiger partial charge is 0.243 e. The highest BCUT2D eigenvalue weighted by Gasteiger charge is 2.32. The Morgan fingerprint density at radius 1 is 1.23 bits per heavy atom. The van der Waals surface area contributed by atoms with Crippen molar-refractivity contribution in [3.63, 3.8) is 0 Å². The van der Waals surface area contributed by atoms with E-state index < -0.39 is 10.0 Å². The molecule has 0 radical (unpaired) electrons. The number of pyridine rings is 1. The zero-order chi connectivity index (χ0) is 18.5. The Bertz CT molecular complexity index is 1180. The molecule has 0 atom stereocenters. The Morgan fingerprint density at radius 3 is 2.81 bits per heavy atom. The molecule has 0 bridgehead atoms. The molecule has 132 valence electrons. The molecule has 2 aromatic heterocycles. The van der Waals surface area contributed by atoms with Crippen LogP contribution in [-0.4, -0.2) is 33.9 Å². The van der Waals surface area contributed by atoms with Crippen molar-refractivity contribution in [2.75, 3.05) is 6.54 Å². The number of hydrogen-bond donors (Lipinski definition) is 1. The average molecular weight is 368 g/mol. The van der Waals surface area contributed by atoms with Crippen LogP contribution in [0.4, 0.5) is 0 Å². The van der Waals surface area contributed by atoms with E-state index in [0.29, 0.717) is 28.7 Å². The van der Waals surface area contributed by atoms with Gasteiger partial charge in [-0.05, 0) is 37.3 Å². The maximum atomic E-state index is 13.0. The molecule has 0 unspecified atom stereocenters. The van der Waals surface area contributed by atoms with Crippen LogP contribution in [0.15, 0.2) is 41.3 Å². The molecule has 0 amide bonds. The number of fused-ring (bicyclic) bond motifs is 3. The van der Waals surface area contributed by atoms with Gasteiger partial charge in [0.25, 0.3) is 0 Å². The average Bonchev–Trinajstić information content (AvgIpc) is 2.93. The fraction of sp³-hybridized carbons (Fsp3) is 0.222. The minimum atomic E-state index is -3.75. The molecule has 0 saturated heterocycles. The van der Waals surface area contributed by atoms with E-state index in [9.17, 15) is 13.5 Å². The normalized spacial score (nSPS) is 14.9. The molecular formula is C18H16N4O3S. The molecule has 26 heavy (non-hydrogen) atoms. The quantitative estimate of drug-likeness (QED) is 0.747. The summed E-state index contributed by atoms with van der Waals surface area (Å²) in [6.45, 7) is 2.55. The summed E-state index contributed by atoms with van der Waals surface area (Å²) in [5, 5.41) is 20.1. The number of aromatic nitrogens is 2. The number of aryl methyl sites for hydroxylation is 1. The molecule has 1 aromatic carbocycles. The molecular weight excluding hydrogens is 352 g/mol. The third kappa shape index (κ3) is 2.44. The van der Waals surface area contributed by atoms with E-state index in [1.54, 1.807) is 22.8 Å². The van der Waals surface area contributed by atoms with Gasteiger partial charge in [-0.2, -0.15) is 9.57 Å². The molecule has 1 N–H and O–H groups in total. The lowest BCUT2D eigenvalue weighted by Crippen LogP contribution is -2.38. The van der Waals surface area contributed by atoms with Crippen molar-refractivity contribution in [2.24, 2.45) is 0 Å².